The van der Waals surface area contributed by atoms with Crippen LogP contribution < -0.4 is 29.1 Å². The maximum atomic E-state index is 14.2. The van der Waals surface area contributed by atoms with Gasteiger partial charge >= 0.3 is 0 Å². The third-order valence-corrected chi connectivity index (χ3v) is 9.37. The fourth-order valence-corrected chi connectivity index (χ4v) is 6.52. The first-order valence-corrected chi connectivity index (χ1v) is 18.2. The number of halogens is 2. The van der Waals surface area contributed by atoms with Gasteiger partial charge in [-0.05, 0) is 55.2 Å². The molecule has 1 amide bonds. The summed E-state index contributed by atoms with van der Waals surface area (Å²) in [6, 6.07) is 27.9. The van der Waals surface area contributed by atoms with E-state index in [9.17, 15) is 18.4 Å². The summed E-state index contributed by atoms with van der Waals surface area (Å²) in [5, 5.41) is 0.268. The molecule has 4 aromatic carbocycles. The molecule has 0 radical (unpaired) electrons. The molecule has 0 bridgehead atoms. The molecule has 0 aliphatic rings. The van der Waals surface area contributed by atoms with E-state index in [1.54, 1.807) is 47.9 Å². The minimum Gasteiger partial charge on any atom is -0.497 e. The van der Waals surface area contributed by atoms with Gasteiger partial charge in [-0.2, -0.15) is 0 Å². The second-order valence-corrected chi connectivity index (χ2v) is 13.0. The van der Waals surface area contributed by atoms with Gasteiger partial charge in [-0.3, -0.25) is 9.59 Å². The number of rotatable bonds is 16. The number of pyridine rings is 2. The van der Waals surface area contributed by atoms with Crippen molar-refractivity contribution in [1.82, 2.24) is 4.57 Å². The highest BCUT2D eigenvalue weighted by Gasteiger charge is 2.24. The molecule has 0 atom stereocenters. The van der Waals surface area contributed by atoms with Gasteiger partial charge in [0.15, 0.2) is 12.4 Å². The molecule has 8 nitrogen and oxygen atoms in total. The number of hydrogen-bond acceptors (Lipinski definition) is 5. The fourth-order valence-electron chi connectivity index (χ4n) is 6.52. The number of aromatic nitrogens is 2. The maximum absolute atomic E-state index is 14.2. The lowest BCUT2D eigenvalue weighted by Crippen LogP contribution is -2.35. The summed E-state index contributed by atoms with van der Waals surface area (Å²) in [5.74, 6) is -0.780. The minimum atomic E-state index is -0.830. The number of aryl methyl sites for hydroxylation is 1. The number of carbonyl (C=O) groups excluding carboxylic acids is 1. The van der Waals surface area contributed by atoms with E-state index in [1.807, 2.05) is 6.07 Å². The SMILES string of the molecule is CCN(C(=O)c1cn(-c2cc(OC)cc(OC)c2)c2cc(OCCCCCCC[n+]3ccc(-c4ccccc4)cc3)ccc2c1=O)c1cc(F)cc(F)c1. The van der Waals surface area contributed by atoms with Crippen LogP contribution in [0.3, 0.4) is 0 Å². The van der Waals surface area contributed by atoms with E-state index < -0.39 is 23.0 Å². The van der Waals surface area contributed by atoms with Gasteiger partial charge in [-0.15, -0.1) is 0 Å². The first-order valence-electron chi connectivity index (χ1n) is 18.2. The quantitative estimate of drug-likeness (QED) is 0.0734. The zero-order valence-corrected chi connectivity index (χ0v) is 30.8. The van der Waals surface area contributed by atoms with Gasteiger partial charge in [0.25, 0.3) is 5.91 Å². The average Bonchev–Trinajstić information content (AvgIpc) is 3.19. The lowest BCUT2D eigenvalue weighted by Gasteiger charge is -2.22. The van der Waals surface area contributed by atoms with Crippen LogP contribution in [0, 0.1) is 11.6 Å². The molecule has 0 saturated carbocycles. The van der Waals surface area contributed by atoms with Crippen molar-refractivity contribution in [3.63, 3.8) is 0 Å². The number of nitrogens with zero attached hydrogens (tertiary/aromatic N) is 3. The summed E-state index contributed by atoms with van der Waals surface area (Å²) in [5.41, 5.74) is 2.80. The summed E-state index contributed by atoms with van der Waals surface area (Å²) in [6.45, 7) is 3.21. The van der Waals surface area contributed by atoms with Crippen molar-refractivity contribution in [2.45, 2.75) is 45.6 Å². The minimum absolute atomic E-state index is 0.00515. The van der Waals surface area contributed by atoms with E-state index in [0.29, 0.717) is 35.1 Å². The largest absolute Gasteiger partial charge is 0.497 e. The first kappa shape index (κ1) is 37.7. The van der Waals surface area contributed by atoms with E-state index in [0.717, 1.165) is 56.8 Å². The van der Waals surface area contributed by atoms with Crippen molar-refractivity contribution in [2.24, 2.45) is 0 Å². The lowest BCUT2D eigenvalue weighted by atomic mass is 10.1. The van der Waals surface area contributed by atoms with E-state index in [4.69, 9.17) is 14.2 Å². The Balaban J connectivity index is 1.15. The fraction of sp³-hybridized carbons (Fsp3) is 0.250. The van der Waals surface area contributed by atoms with Crippen LogP contribution in [0.25, 0.3) is 27.7 Å². The standard InChI is InChI=1S/C44H44F2N3O5/c1-4-48(35-24-33(45)23-34(46)25-35)44(51)41-30-49(36-26-38(52-2)28-39(27-36)53-3)42-29-37(15-16-40(42)43(41)50)54-22-12-7-5-6-11-19-47-20-17-32(18-21-47)31-13-9-8-10-14-31/h8-10,13-18,20-21,23-30H,4-7,11-12,19,22H2,1-3H3/q+1. The van der Waals surface area contributed by atoms with E-state index in [1.165, 1.54) is 36.4 Å². The Morgan fingerprint density at radius 1 is 0.741 bits per heavy atom. The summed E-state index contributed by atoms with van der Waals surface area (Å²) in [7, 11) is 3.06. The number of hydrogen-bond donors (Lipinski definition) is 0. The van der Waals surface area contributed by atoms with Gasteiger partial charge in [0.1, 0.15) is 41.0 Å². The maximum Gasteiger partial charge on any atom is 0.263 e. The van der Waals surface area contributed by atoms with Crippen LogP contribution in [0.1, 0.15) is 49.4 Å². The number of carbonyl (C=O) groups is 1. The molecule has 2 heterocycles. The van der Waals surface area contributed by atoms with Crippen molar-refractivity contribution < 1.29 is 32.4 Å². The summed E-state index contributed by atoms with van der Waals surface area (Å²) < 4.78 is 49.4. The second kappa shape index (κ2) is 17.7. The first-order chi connectivity index (χ1) is 26.3. The molecule has 0 aliphatic heterocycles. The Morgan fingerprint density at radius 2 is 1.39 bits per heavy atom. The van der Waals surface area contributed by atoms with Crippen molar-refractivity contribution in [3.05, 3.63) is 143 Å². The highest BCUT2D eigenvalue weighted by molar-refractivity contribution is 6.07. The van der Waals surface area contributed by atoms with Gasteiger partial charge in [0, 0.05) is 72.7 Å². The molecule has 0 unspecified atom stereocenters. The molecule has 278 valence electrons. The number of ether oxygens (including phenoxy) is 3. The Hall–Kier alpha value is -6.03. The van der Waals surface area contributed by atoms with Crippen molar-refractivity contribution in [1.29, 1.82) is 0 Å². The highest BCUT2D eigenvalue weighted by atomic mass is 19.1. The third kappa shape index (κ3) is 8.94. The number of amides is 1. The normalized spacial score (nSPS) is 11.1. The Morgan fingerprint density at radius 3 is 2.06 bits per heavy atom. The van der Waals surface area contributed by atoms with Crippen molar-refractivity contribution in [3.8, 4) is 34.1 Å². The number of fused-ring (bicyclic) bond motifs is 1. The number of unbranched alkanes of at least 4 members (excludes halogenated alkanes) is 4. The molecule has 2 aromatic heterocycles. The van der Waals surface area contributed by atoms with E-state index in [2.05, 4.69) is 53.4 Å². The molecular weight excluding hydrogens is 688 g/mol. The third-order valence-electron chi connectivity index (χ3n) is 9.37. The van der Waals surface area contributed by atoms with Crippen LogP contribution >= 0.6 is 0 Å². The van der Waals surface area contributed by atoms with E-state index >= 15 is 0 Å². The average molecular weight is 733 g/mol. The molecule has 6 rings (SSSR count). The molecule has 54 heavy (non-hydrogen) atoms. The Bertz CT molecular complexity index is 2230. The molecule has 0 fully saturated rings. The van der Waals surface area contributed by atoms with Crippen molar-refractivity contribution in [2.75, 3.05) is 32.3 Å². The summed E-state index contributed by atoms with van der Waals surface area (Å²) in [6.07, 6.45) is 10.9. The smallest absolute Gasteiger partial charge is 0.263 e. The monoisotopic (exact) mass is 732 g/mol. The predicted molar refractivity (Wildman–Crippen MR) is 207 cm³/mol. The molecule has 0 saturated heterocycles. The Kier molecular flexibility index (Phi) is 12.3. The van der Waals surface area contributed by atoms with Crippen LogP contribution in [-0.4, -0.2) is 37.8 Å². The Labute approximate surface area is 313 Å². The predicted octanol–water partition coefficient (Wildman–Crippen LogP) is 8.94. The van der Waals surface area contributed by atoms with Crippen LogP contribution in [0.4, 0.5) is 14.5 Å². The topological polar surface area (TPSA) is 73.9 Å². The molecule has 0 spiro atoms. The number of anilines is 1. The van der Waals surface area contributed by atoms with Crippen LogP contribution in [-0.2, 0) is 6.54 Å². The zero-order valence-electron chi connectivity index (χ0n) is 30.8. The van der Waals surface area contributed by atoms with Gasteiger partial charge in [-0.25, -0.2) is 13.3 Å². The summed E-state index contributed by atoms with van der Waals surface area (Å²) in [4.78, 5) is 29.1. The van der Waals surface area contributed by atoms with Crippen molar-refractivity contribution >= 4 is 22.5 Å². The lowest BCUT2D eigenvalue weighted by molar-refractivity contribution is -0.697. The van der Waals surface area contributed by atoms with Gasteiger partial charge in [0.05, 0.1) is 32.0 Å². The molecule has 0 aliphatic carbocycles. The number of benzene rings is 4. The molecule has 10 heteroatoms. The van der Waals surface area contributed by atoms with Gasteiger partial charge in [0.2, 0.25) is 5.43 Å². The number of methoxy groups -OCH3 is 2. The summed E-state index contributed by atoms with van der Waals surface area (Å²) >= 11 is 0. The molecule has 0 N–H and O–H groups in total. The molecular formula is C44H44F2N3O5+. The van der Waals surface area contributed by atoms with E-state index in [-0.39, 0.29) is 23.2 Å². The molecule has 6 aromatic rings. The second-order valence-electron chi connectivity index (χ2n) is 13.0. The van der Waals surface area contributed by atoms with Crippen LogP contribution in [0.2, 0.25) is 0 Å². The van der Waals surface area contributed by atoms with Gasteiger partial charge < -0.3 is 23.7 Å². The highest BCUT2D eigenvalue weighted by Crippen LogP contribution is 2.30. The zero-order chi connectivity index (χ0) is 38.0. The van der Waals surface area contributed by atoms with Gasteiger partial charge in [-0.1, -0.05) is 43.2 Å². The van der Waals surface area contributed by atoms with Crippen LogP contribution in [0.15, 0.2) is 120 Å². The van der Waals surface area contributed by atoms with Crippen LogP contribution in [0.5, 0.6) is 17.2 Å².